The summed E-state index contributed by atoms with van der Waals surface area (Å²) in [6, 6.07) is 0. The fraction of sp³-hybridized carbons (Fsp3) is 0.700. The molecule has 0 amide bonds. The Morgan fingerprint density at radius 2 is 2.11 bits per heavy atom. The molecule has 1 heterocycles. The molecule has 5 nitrogen and oxygen atoms in total. The predicted octanol–water partition coefficient (Wildman–Crippen LogP) is 2.20. The van der Waals surface area contributed by atoms with Crippen LogP contribution in [0.2, 0.25) is 0 Å². The number of alkyl halides is 3. The van der Waals surface area contributed by atoms with E-state index in [9.17, 15) is 18.0 Å². The third kappa shape index (κ3) is 2.99. The van der Waals surface area contributed by atoms with Gasteiger partial charge in [0.15, 0.2) is 5.69 Å². The number of halogens is 3. The summed E-state index contributed by atoms with van der Waals surface area (Å²) in [5.74, 6) is -1.10. The Labute approximate surface area is 101 Å². The molecule has 0 unspecified atom stereocenters. The van der Waals surface area contributed by atoms with E-state index < -0.39 is 18.6 Å². The molecular weight excluding hydrogens is 251 g/mol. The van der Waals surface area contributed by atoms with Crippen molar-refractivity contribution in [1.29, 1.82) is 0 Å². The largest absolute Gasteiger partial charge is 0.476 e. The molecule has 100 valence electrons. The van der Waals surface area contributed by atoms with Crippen molar-refractivity contribution < 1.29 is 23.1 Å². The maximum atomic E-state index is 12.0. The van der Waals surface area contributed by atoms with E-state index in [1.54, 1.807) is 0 Å². The topological polar surface area (TPSA) is 68.0 Å². The molecule has 0 radical (unpaired) electrons. The van der Waals surface area contributed by atoms with Gasteiger partial charge in [0.25, 0.3) is 0 Å². The van der Waals surface area contributed by atoms with Gasteiger partial charge in [0, 0.05) is 18.9 Å². The van der Waals surface area contributed by atoms with Crippen molar-refractivity contribution in [1.82, 2.24) is 15.0 Å². The number of carboxylic acid groups (broad SMARTS) is 1. The Morgan fingerprint density at radius 3 is 2.61 bits per heavy atom. The minimum absolute atomic E-state index is 0.0472. The molecule has 0 bridgehead atoms. The first kappa shape index (κ1) is 12.8. The van der Waals surface area contributed by atoms with Gasteiger partial charge >= 0.3 is 12.1 Å². The third-order valence-electron chi connectivity index (χ3n) is 2.77. The molecule has 1 aromatic heterocycles. The molecule has 0 saturated heterocycles. The first-order chi connectivity index (χ1) is 8.38. The molecule has 1 aliphatic carbocycles. The molecule has 8 heteroatoms. The van der Waals surface area contributed by atoms with Gasteiger partial charge in [0.2, 0.25) is 0 Å². The predicted molar refractivity (Wildman–Crippen MR) is 54.2 cm³/mol. The highest BCUT2D eigenvalue weighted by Gasteiger charge is 2.34. The Bertz CT molecular complexity index is 452. The summed E-state index contributed by atoms with van der Waals surface area (Å²) >= 11 is 0. The van der Waals surface area contributed by atoms with Crippen molar-refractivity contribution in [3.63, 3.8) is 0 Å². The van der Waals surface area contributed by atoms with Crippen molar-refractivity contribution >= 4 is 5.97 Å². The molecule has 0 spiro atoms. The van der Waals surface area contributed by atoms with Gasteiger partial charge in [-0.1, -0.05) is 5.21 Å². The van der Waals surface area contributed by atoms with Crippen molar-refractivity contribution in [2.75, 3.05) is 0 Å². The van der Waals surface area contributed by atoms with Gasteiger partial charge in [-0.15, -0.1) is 5.10 Å². The van der Waals surface area contributed by atoms with Crippen molar-refractivity contribution in [3.8, 4) is 0 Å². The molecule has 1 aromatic rings. The average Bonchev–Trinajstić information content (AvgIpc) is 2.98. The Morgan fingerprint density at radius 1 is 1.44 bits per heavy atom. The van der Waals surface area contributed by atoms with Crippen LogP contribution >= 0.6 is 0 Å². The van der Waals surface area contributed by atoms with Gasteiger partial charge in [-0.3, -0.25) is 0 Å². The maximum absolute atomic E-state index is 12.0. The number of hydrogen-bond donors (Lipinski definition) is 1. The fourth-order valence-electron chi connectivity index (χ4n) is 1.83. The number of aryl methyl sites for hydroxylation is 1. The fourth-order valence-corrected chi connectivity index (χ4v) is 1.83. The molecule has 1 aliphatic rings. The van der Waals surface area contributed by atoms with E-state index in [0.29, 0.717) is 5.69 Å². The number of nitrogens with zero attached hydrogens (tertiary/aromatic N) is 3. The van der Waals surface area contributed by atoms with Crippen LogP contribution in [0, 0.1) is 0 Å². The highest BCUT2D eigenvalue weighted by Crippen LogP contribution is 2.41. The minimum atomic E-state index is -4.20. The second kappa shape index (κ2) is 4.58. The molecule has 1 fully saturated rings. The van der Waals surface area contributed by atoms with E-state index in [1.165, 1.54) is 4.68 Å². The Balaban J connectivity index is 2.06. The van der Waals surface area contributed by atoms with Crippen LogP contribution in [0.3, 0.4) is 0 Å². The number of aromatic nitrogens is 3. The van der Waals surface area contributed by atoms with E-state index in [0.717, 1.165) is 12.8 Å². The molecular formula is C10H12F3N3O2. The first-order valence-corrected chi connectivity index (χ1v) is 5.62. The number of carboxylic acids is 1. The highest BCUT2D eigenvalue weighted by atomic mass is 19.4. The van der Waals surface area contributed by atoms with Gasteiger partial charge in [-0.25, -0.2) is 9.48 Å². The zero-order valence-corrected chi connectivity index (χ0v) is 9.44. The van der Waals surface area contributed by atoms with Crippen LogP contribution in [-0.4, -0.2) is 32.2 Å². The van der Waals surface area contributed by atoms with E-state index >= 15 is 0 Å². The van der Waals surface area contributed by atoms with Crippen LogP contribution in [-0.2, 0) is 6.54 Å². The average molecular weight is 263 g/mol. The summed E-state index contributed by atoms with van der Waals surface area (Å²) in [4.78, 5) is 10.9. The first-order valence-electron chi connectivity index (χ1n) is 5.62. The van der Waals surface area contributed by atoms with Gasteiger partial charge in [-0.2, -0.15) is 13.2 Å². The summed E-state index contributed by atoms with van der Waals surface area (Å²) < 4.78 is 37.4. The summed E-state index contributed by atoms with van der Waals surface area (Å²) in [6.07, 6.45) is -3.54. The van der Waals surface area contributed by atoms with Crippen molar-refractivity contribution in [2.24, 2.45) is 0 Å². The highest BCUT2D eigenvalue weighted by molar-refractivity contribution is 5.86. The third-order valence-corrected chi connectivity index (χ3v) is 2.77. The normalized spacial score (nSPS) is 15.9. The second-order valence-electron chi connectivity index (χ2n) is 4.34. The van der Waals surface area contributed by atoms with Crippen LogP contribution in [0.25, 0.3) is 0 Å². The monoisotopic (exact) mass is 263 g/mol. The maximum Gasteiger partial charge on any atom is 0.389 e. The smallest absolute Gasteiger partial charge is 0.389 e. The zero-order chi connectivity index (χ0) is 13.3. The summed E-state index contributed by atoms with van der Waals surface area (Å²) in [5, 5.41) is 16.1. The molecule has 0 aromatic carbocycles. The van der Waals surface area contributed by atoms with Crippen LogP contribution in [0.15, 0.2) is 0 Å². The molecule has 0 atom stereocenters. The van der Waals surface area contributed by atoms with Crippen LogP contribution in [0.4, 0.5) is 13.2 Å². The van der Waals surface area contributed by atoms with E-state index in [4.69, 9.17) is 5.11 Å². The van der Waals surface area contributed by atoms with Crippen LogP contribution < -0.4 is 0 Å². The standard InChI is InChI=1S/C10H12F3N3O2/c11-10(12,13)4-1-5-16-8(6-2-3-6)7(9(17)18)14-15-16/h6H,1-5H2,(H,17,18). The SMILES string of the molecule is O=C(O)c1nnn(CCCC(F)(F)F)c1C1CC1. The van der Waals surface area contributed by atoms with Gasteiger partial charge in [0.05, 0.1) is 5.69 Å². The van der Waals surface area contributed by atoms with Gasteiger partial charge in [-0.05, 0) is 19.3 Å². The molecule has 18 heavy (non-hydrogen) atoms. The lowest BCUT2D eigenvalue weighted by Gasteiger charge is -2.08. The summed E-state index contributed by atoms with van der Waals surface area (Å²) in [5.41, 5.74) is 0.328. The van der Waals surface area contributed by atoms with Gasteiger partial charge in [0.1, 0.15) is 0 Å². The lowest BCUT2D eigenvalue weighted by atomic mass is 10.2. The second-order valence-corrected chi connectivity index (χ2v) is 4.34. The number of rotatable bonds is 5. The Kier molecular flexibility index (Phi) is 3.27. The van der Waals surface area contributed by atoms with Crippen LogP contribution in [0.1, 0.15) is 47.8 Å². The zero-order valence-electron chi connectivity index (χ0n) is 9.44. The molecule has 0 aliphatic heterocycles. The number of aromatic carboxylic acids is 1. The number of hydrogen-bond acceptors (Lipinski definition) is 3. The van der Waals surface area contributed by atoms with Crippen LogP contribution in [0.5, 0.6) is 0 Å². The Hall–Kier alpha value is -1.60. The molecule has 2 rings (SSSR count). The molecule has 1 saturated carbocycles. The van der Waals surface area contributed by atoms with Crippen molar-refractivity contribution in [3.05, 3.63) is 11.4 Å². The molecule has 1 N–H and O–H groups in total. The minimum Gasteiger partial charge on any atom is -0.476 e. The van der Waals surface area contributed by atoms with Crippen molar-refractivity contribution in [2.45, 2.75) is 44.3 Å². The lowest BCUT2D eigenvalue weighted by Crippen LogP contribution is -2.12. The quantitative estimate of drug-likeness (QED) is 0.884. The summed E-state index contributed by atoms with van der Waals surface area (Å²) in [6.45, 7) is 0.0472. The van der Waals surface area contributed by atoms with Gasteiger partial charge < -0.3 is 5.11 Å². The number of carbonyl (C=O) groups is 1. The van der Waals surface area contributed by atoms with E-state index in [1.807, 2.05) is 0 Å². The summed E-state index contributed by atoms with van der Waals surface area (Å²) in [7, 11) is 0. The van der Waals surface area contributed by atoms with E-state index in [-0.39, 0.29) is 24.6 Å². The van der Waals surface area contributed by atoms with E-state index in [2.05, 4.69) is 10.3 Å². The lowest BCUT2D eigenvalue weighted by molar-refractivity contribution is -0.136.